The Bertz CT molecular complexity index is 870. The smallest absolute Gasteiger partial charge is 0.261 e. The monoisotopic (exact) mass is 370 g/mol. The van der Waals surface area contributed by atoms with Crippen molar-refractivity contribution in [3.63, 3.8) is 0 Å². The van der Waals surface area contributed by atoms with Crippen molar-refractivity contribution in [2.24, 2.45) is 0 Å². The molecule has 2 aromatic carbocycles. The Morgan fingerprint density at radius 3 is 2.32 bits per heavy atom. The summed E-state index contributed by atoms with van der Waals surface area (Å²) in [5, 5.41) is 2.43. The predicted molar refractivity (Wildman–Crippen MR) is 87.8 cm³/mol. The van der Waals surface area contributed by atoms with E-state index in [0.717, 1.165) is 12.1 Å². The molecule has 2 N–H and O–H groups in total. The summed E-state index contributed by atoms with van der Waals surface area (Å²) in [6.07, 6.45) is -0.751. The first-order chi connectivity index (χ1) is 11.7. The first-order valence-electron chi connectivity index (χ1n) is 7.19. The van der Waals surface area contributed by atoms with Gasteiger partial charge in [0, 0.05) is 13.1 Å². The van der Waals surface area contributed by atoms with Gasteiger partial charge >= 0.3 is 0 Å². The number of likely N-dealkylation sites (N-methyl/N-ethyl adjacent to an activating group) is 1. The summed E-state index contributed by atoms with van der Waals surface area (Å²) in [5.41, 5.74) is -0.366. The SMILES string of the molecule is CNC(=O)[C@@H](C)Oc1ccc(S(=O)(=O)Nc2ccc(F)cc2F)cc1. The topological polar surface area (TPSA) is 84.5 Å². The lowest BCUT2D eigenvalue weighted by Crippen LogP contribution is -2.33. The van der Waals surface area contributed by atoms with Crippen molar-refractivity contribution in [1.29, 1.82) is 0 Å². The summed E-state index contributed by atoms with van der Waals surface area (Å²) in [6.45, 7) is 1.54. The molecular formula is C16H16F2N2O4S. The van der Waals surface area contributed by atoms with Crippen molar-refractivity contribution < 1.29 is 26.7 Å². The number of benzene rings is 2. The van der Waals surface area contributed by atoms with E-state index in [1.165, 1.54) is 31.3 Å². The Labute approximate surface area is 143 Å². The van der Waals surface area contributed by atoms with Crippen molar-refractivity contribution in [3.05, 3.63) is 54.1 Å². The normalized spacial score (nSPS) is 12.3. The number of halogens is 2. The molecule has 134 valence electrons. The molecule has 0 unspecified atom stereocenters. The van der Waals surface area contributed by atoms with Crippen molar-refractivity contribution in [2.45, 2.75) is 17.9 Å². The standard InChI is InChI=1S/C16H16F2N2O4S/c1-10(16(21)19-2)24-12-4-6-13(7-5-12)25(22,23)20-15-8-3-11(17)9-14(15)18/h3-10,20H,1-2H3,(H,19,21)/t10-/m1/s1. The highest BCUT2D eigenvalue weighted by atomic mass is 32.2. The zero-order valence-electron chi connectivity index (χ0n) is 13.4. The van der Waals surface area contributed by atoms with Crippen LogP contribution in [0.25, 0.3) is 0 Å². The van der Waals surface area contributed by atoms with E-state index in [1.807, 2.05) is 4.72 Å². The van der Waals surface area contributed by atoms with Gasteiger partial charge in [-0.05, 0) is 43.3 Å². The summed E-state index contributed by atoms with van der Waals surface area (Å²) in [4.78, 5) is 11.3. The minimum atomic E-state index is -4.06. The van der Waals surface area contributed by atoms with Gasteiger partial charge in [-0.2, -0.15) is 0 Å². The molecule has 0 saturated heterocycles. The number of amides is 1. The molecule has 2 aromatic rings. The molecule has 0 aliphatic carbocycles. The molecule has 1 amide bonds. The van der Waals surface area contributed by atoms with Crippen LogP contribution in [-0.2, 0) is 14.8 Å². The fourth-order valence-corrected chi connectivity index (χ4v) is 3.00. The highest BCUT2D eigenvalue weighted by Gasteiger charge is 2.18. The van der Waals surface area contributed by atoms with E-state index in [-0.39, 0.29) is 16.5 Å². The predicted octanol–water partition coefficient (Wildman–Crippen LogP) is 2.28. The van der Waals surface area contributed by atoms with Crippen LogP contribution in [0.4, 0.5) is 14.5 Å². The van der Waals surface area contributed by atoms with Crippen molar-refractivity contribution in [3.8, 4) is 5.75 Å². The summed E-state index contributed by atoms with van der Waals surface area (Å²) < 4.78 is 58.4. The van der Waals surface area contributed by atoms with Crippen LogP contribution < -0.4 is 14.8 Å². The number of anilines is 1. The molecule has 1 atom stereocenters. The minimum Gasteiger partial charge on any atom is -0.481 e. The summed E-state index contributed by atoms with van der Waals surface area (Å²) in [7, 11) is -2.59. The Morgan fingerprint density at radius 1 is 1.12 bits per heavy atom. The third-order valence-electron chi connectivity index (χ3n) is 3.24. The lowest BCUT2D eigenvalue weighted by molar-refractivity contribution is -0.126. The molecule has 2 rings (SSSR count). The van der Waals surface area contributed by atoms with E-state index in [0.29, 0.717) is 11.8 Å². The maximum Gasteiger partial charge on any atom is 0.261 e. The number of hydrogen-bond acceptors (Lipinski definition) is 4. The maximum absolute atomic E-state index is 13.6. The largest absolute Gasteiger partial charge is 0.481 e. The molecule has 0 heterocycles. The van der Waals surface area contributed by atoms with Crippen molar-refractivity contribution in [2.75, 3.05) is 11.8 Å². The van der Waals surface area contributed by atoms with Crippen LogP contribution in [0.5, 0.6) is 5.75 Å². The molecule has 25 heavy (non-hydrogen) atoms. The molecule has 0 fully saturated rings. The highest BCUT2D eigenvalue weighted by molar-refractivity contribution is 7.92. The van der Waals surface area contributed by atoms with Crippen LogP contribution in [-0.4, -0.2) is 27.5 Å². The van der Waals surface area contributed by atoms with Gasteiger partial charge in [-0.25, -0.2) is 17.2 Å². The van der Waals surface area contributed by atoms with Gasteiger partial charge in [0.05, 0.1) is 10.6 Å². The molecule has 9 heteroatoms. The maximum atomic E-state index is 13.6. The lowest BCUT2D eigenvalue weighted by Gasteiger charge is -2.14. The number of ether oxygens (including phenoxy) is 1. The van der Waals surface area contributed by atoms with Crippen LogP contribution in [0.3, 0.4) is 0 Å². The van der Waals surface area contributed by atoms with Crippen molar-refractivity contribution >= 4 is 21.6 Å². The molecule has 0 aliphatic heterocycles. The zero-order chi connectivity index (χ0) is 18.6. The molecule has 0 saturated carbocycles. The Morgan fingerprint density at radius 2 is 1.76 bits per heavy atom. The quantitative estimate of drug-likeness (QED) is 0.817. The lowest BCUT2D eigenvalue weighted by atomic mass is 10.3. The average Bonchev–Trinajstić information content (AvgIpc) is 2.57. The Hall–Kier alpha value is -2.68. The fourth-order valence-electron chi connectivity index (χ4n) is 1.93. The number of hydrogen-bond donors (Lipinski definition) is 2. The van der Waals surface area contributed by atoms with Crippen LogP contribution in [0.15, 0.2) is 47.4 Å². The average molecular weight is 370 g/mol. The third kappa shape index (κ3) is 4.66. The molecule has 0 aromatic heterocycles. The van der Waals surface area contributed by atoms with E-state index in [2.05, 4.69) is 5.32 Å². The van der Waals surface area contributed by atoms with Gasteiger partial charge in [0.25, 0.3) is 15.9 Å². The second-order valence-corrected chi connectivity index (χ2v) is 6.76. The number of carbonyl (C=O) groups is 1. The van der Waals surface area contributed by atoms with Crippen LogP contribution in [0.1, 0.15) is 6.92 Å². The minimum absolute atomic E-state index is 0.142. The second kappa shape index (κ2) is 7.47. The third-order valence-corrected chi connectivity index (χ3v) is 4.62. The van der Waals surface area contributed by atoms with Crippen molar-refractivity contribution in [1.82, 2.24) is 5.32 Å². The van der Waals surface area contributed by atoms with E-state index in [4.69, 9.17) is 4.74 Å². The Kier molecular flexibility index (Phi) is 5.58. The molecule has 0 aliphatic rings. The van der Waals surface area contributed by atoms with E-state index in [1.54, 1.807) is 6.92 Å². The fraction of sp³-hybridized carbons (Fsp3) is 0.188. The van der Waals surface area contributed by atoms with Crippen LogP contribution in [0.2, 0.25) is 0 Å². The molecule has 6 nitrogen and oxygen atoms in total. The molecule has 0 spiro atoms. The molecule has 0 radical (unpaired) electrons. The summed E-state index contributed by atoms with van der Waals surface area (Å²) in [5.74, 6) is -1.87. The van der Waals surface area contributed by atoms with Gasteiger partial charge in [0.15, 0.2) is 6.10 Å². The Balaban J connectivity index is 2.16. The number of carbonyl (C=O) groups excluding carboxylic acids is 1. The van der Waals surface area contributed by atoms with Crippen LogP contribution in [0, 0.1) is 11.6 Å². The van der Waals surface area contributed by atoms with Gasteiger partial charge in [-0.1, -0.05) is 0 Å². The second-order valence-electron chi connectivity index (χ2n) is 5.08. The van der Waals surface area contributed by atoms with Gasteiger partial charge in [-0.3, -0.25) is 9.52 Å². The summed E-state index contributed by atoms with van der Waals surface area (Å²) in [6, 6.07) is 7.74. The molecular weight excluding hydrogens is 354 g/mol. The number of rotatable bonds is 6. The number of sulfonamides is 1. The number of nitrogens with one attached hydrogen (secondary N) is 2. The van der Waals surface area contributed by atoms with Gasteiger partial charge in [-0.15, -0.1) is 0 Å². The first-order valence-corrected chi connectivity index (χ1v) is 8.67. The van der Waals surface area contributed by atoms with E-state index < -0.39 is 27.8 Å². The first kappa shape index (κ1) is 18.7. The van der Waals surface area contributed by atoms with E-state index >= 15 is 0 Å². The van der Waals surface area contributed by atoms with Gasteiger partial charge < -0.3 is 10.1 Å². The van der Waals surface area contributed by atoms with Gasteiger partial charge in [0.1, 0.15) is 17.4 Å². The summed E-state index contributed by atoms with van der Waals surface area (Å²) >= 11 is 0. The van der Waals surface area contributed by atoms with E-state index in [9.17, 15) is 22.0 Å². The highest BCUT2D eigenvalue weighted by Crippen LogP contribution is 2.22. The van der Waals surface area contributed by atoms with Crippen LogP contribution >= 0.6 is 0 Å². The van der Waals surface area contributed by atoms with Gasteiger partial charge in [0.2, 0.25) is 0 Å². The molecule has 0 bridgehead atoms. The zero-order valence-corrected chi connectivity index (χ0v) is 14.2.